The molecule has 2 aromatic rings. The molecule has 0 saturated carbocycles. The summed E-state index contributed by atoms with van der Waals surface area (Å²) in [5.41, 5.74) is 5.45. The molecule has 4 nitrogen and oxygen atoms in total. The summed E-state index contributed by atoms with van der Waals surface area (Å²) in [4.78, 5) is 4.41. The highest BCUT2D eigenvalue weighted by atomic mass is 15.2. The lowest BCUT2D eigenvalue weighted by Crippen LogP contribution is -2.30. The molecule has 1 unspecified atom stereocenters. The van der Waals surface area contributed by atoms with Crippen molar-refractivity contribution in [1.82, 2.24) is 15.0 Å². The quantitative estimate of drug-likeness (QED) is 0.628. The summed E-state index contributed by atoms with van der Waals surface area (Å²) in [7, 11) is 0. The van der Waals surface area contributed by atoms with Gasteiger partial charge in [0.05, 0.1) is 6.04 Å². The van der Waals surface area contributed by atoms with Gasteiger partial charge in [-0.3, -0.25) is 11.3 Å². The summed E-state index contributed by atoms with van der Waals surface area (Å²) in [5, 5.41) is 0. The fraction of sp³-hybridized carbons (Fsp3) is 0.438. The second kappa shape index (κ2) is 6.68. The Labute approximate surface area is 121 Å². The summed E-state index contributed by atoms with van der Waals surface area (Å²) >= 11 is 0. The van der Waals surface area contributed by atoms with Crippen LogP contribution in [0.5, 0.6) is 0 Å². The number of nitrogens with two attached hydrogens (primary N) is 1. The van der Waals surface area contributed by atoms with Gasteiger partial charge < -0.3 is 4.57 Å². The van der Waals surface area contributed by atoms with Crippen molar-refractivity contribution in [3.05, 3.63) is 53.6 Å². The first-order valence-corrected chi connectivity index (χ1v) is 7.21. The molecule has 1 heterocycles. The highest BCUT2D eigenvalue weighted by Crippen LogP contribution is 2.20. The third-order valence-electron chi connectivity index (χ3n) is 3.74. The number of benzene rings is 1. The van der Waals surface area contributed by atoms with E-state index in [1.807, 2.05) is 12.4 Å². The number of hydrazine groups is 1. The van der Waals surface area contributed by atoms with Gasteiger partial charge in [0.25, 0.3) is 0 Å². The minimum atomic E-state index is 0.0870. The van der Waals surface area contributed by atoms with E-state index in [4.69, 9.17) is 5.84 Å². The second-order valence-electron chi connectivity index (χ2n) is 5.37. The number of hydrogen-bond donors (Lipinski definition) is 2. The Bertz CT molecular complexity index is 528. The van der Waals surface area contributed by atoms with Gasteiger partial charge in [-0.05, 0) is 24.0 Å². The van der Waals surface area contributed by atoms with Crippen molar-refractivity contribution in [2.45, 2.75) is 45.7 Å². The predicted molar refractivity (Wildman–Crippen MR) is 82.2 cm³/mol. The van der Waals surface area contributed by atoms with Gasteiger partial charge in [-0.25, -0.2) is 4.98 Å². The first-order chi connectivity index (χ1) is 9.65. The molecule has 1 atom stereocenters. The molecule has 0 amide bonds. The number of aryl methyl sites for hydroxylation is 1. The van der Waals surface area contributed by atoms with Gasteiger partial charge in [0.15, 0.2) is 0 Å². The molecule has 0 aliphatic carbocycles. The molecule has 3 N–H and O–H groups in total. The predicted octanol–water partition coefficient (Wildman–Crippen LogP) is 2.77. The molecule has 0 bridgehead atoms. The van der Waals surface area contributed by atoms with Crippen LogP contribution < -0.4 is 11.3 Å². The number of nitrogens with zero attached hydrogens (tertiary/aromatic N) is 2. The van der Waals surface area contributed by atoms with Gasteiger partial charge >= 0.3 is 0 Å². The van der Waals surface area contributed by atoms with Crippen molar-refractivity contribution in [2.24, 2.45) is 5.84 Å². The maximum Gasteiger partial charge on any atom is 0.110 e. The van der Waals surface area contributed by atoms with Gasteiger partial charge in [-0.1, -0.05) is 38.1 Å². The highest BCUT2D eigenvalue weighted by Gasteiger charge is 2.14. The van der Waals surface area contributed by atoms with E-state index in [0.29, 0.717) is 5.92 Å². The van der Waals surface area contributed by atoms with Crippen LogP contribution in [0, 0.1) is 0 Å². The smallest absolute Gasteiger partial charge is 0.110 e. The molecule has 4 heteroatoms. The molecule has 2 rings (SSSR count). The van der Waals surface area contributed by atoms with Gasteiger partial charge in [-0.2, -0.15) is 0 Å². The van der Waals surface area contributed by atoms with Crippen LogP contribution in [-0.4, -0.2) is 9.55 Å². The highest BCUT2D eigenvalue weighted by molar-refractivity contribution is 5.27. The van der Waals surface area contributed by atoms with Crippen LogP contribution >= 0.6 is 0 Å². The lowest BCUT2D eigenvalue weighted by atomic mass is 9.98. The number of nitrogens with one attached hydrogen (secondary N) is 1. The molecule has 0 aliphatic heterocycles. The summed E-state index contributed by atoms with van der Waals surface area (Å²) < 4.78 is 2.15. The molecule has 0 radical (unpaired) electrons. The molecule has 0 fully saturated rings. The topological polar surface area (TPSA) is 55.9 Å². The van der Waals surface area contributed by atoms with Crippen LogP contribution in [0.2, 0.25) is 0 Å². The van der Waals surface area contributed by atoms with E-state index < -0.39 is 0 Å². The SMILES string of the molecule is CCn1ccnc1CC(NN)c1ccc(C(C)C)cc1. The molecule has 1 aromatic carbocycles. The van der Waals surface area contributed by atoms with Crippen molar-refractivity contribution in [3.8, 4) is 0 Å². The van der Waals surface area contributed by atoms with E-state index in [9.17, 15) is 0 Å². The van der Waals surface area contributed by atoms with Crippen LogP contribution in [0.3, 0.4) is 0 Å². The number of imidazole rings is 1. The summed E-state index contributed by atoms with van der Waals surface area (Å²) in [6.07, 6.45) is 4.64. The van der Waals surface area contributed by atoms with Crippen LogP contribution in [0.25, 0.3) is 0 Å². The first kappa shape index (κ1) is 14.8. The minimum Gasteiger partial charge on any atom is -0.335 e. The minimum absolute atomic E-state index is 0.0870. The Morgan fingerprint density at radius 3 is 2.40 bits per heavy atom. The van der Waals surface area contributed by atoms with Crippen molar-refractivity contribution in [3.63, 3.8) is 0 Å². The van der Waals surface area contributed by atoms with Crippen LogP contribution in [0.15, 0.2) is 36.7 Å². The number of rotatable bonds is 6. The van der Waals surface area contributed by atoms with Crippen molar-refractivity contribution in [2.75, 3.05) is 0 Å². The van der Waals surface area contributed by atoms with Crippen molar-refractivity contribution in [1.29, 1.82) is 0 Å². The van der Waals surface area contributed by atoms with Crippen LogP contribution in [-0.2, 0) is 13.0 Å². The Morgan fingerprint density at radius 2 is 1.85 bits per heavy atom. The number of aromatic nitrogens is 2. The molecule has 0 spiro atoms. The van der Waals surface area contributed by atoms with E-state index in [1.165, 1.54) is 11.1 Å². The second-order valence-corrected chi connectivity index (χ2v) is 5.37. The molecule has 20 heavy (non-hydrogen) atoms. The zero-order valence-electron chi connectivity index (χ0n) is 12.5. The first-order valence-electron chi connectivity index (χ1n) is 7.21. The van der Waals surface area contributed by atoms with Gasteiger partial charge in [0.1, 0.15) is 5.82 Å². The molecule has 0 saturated heterocycles. The van der Waals surface area contributed by atoms with E-state index in [1.54, 1.807) is 0 Å². The van der Waals surface area contributed by atoms with Crippen LogP contribution in [0.1, 0.15) is 49.7 Å². The monoisotopic (exact) mass is 272 g/mol. The Morgan fingerprint density at radius 1 is 1.20 bits per heavy atom. The van der Waals surface area contributed by atoms with Crippen molar-refractivity contribution >= 4 is 0 Å². The molecular weight excluding hydrogens is 248 g/mol. The van der Waals surface area contributed by atoms with E-state index in [0.717, 1.165) is 18.8 Å². The number of hydrogen-bond acceptors (Lipinski definition) is 3. The van der Waals surface area contributed by atoms with Gasteiger partial charge in [0, 0.05) is 25.4 Å². The lowest BCUT2D eigenvalue weighted by molar-refractivity contribution is 0.523. The Kier molecular flexibility index (Phi) is 4.93. The molecule has 1 aromatic heterocycles. The van der Waals surface area contributed by atoms with Gasteiger partial charge in [-0.15, -0.1) is 0 Å². The normalized spacial score (nSPS) is 12.8. The van der Waals surface area contributed by atoms with Crippen molar-refractivity contribution < 1.29 is 0 Å². The van der Waals surface area contributed by atoms with Crippen LogP contribution in [0.4, 0.5) is 0 Å². The fourth-order valence-electron chi connectivity index (χ4n) is 2.39. The third-order valence-corrected chi connectivity index (χ3v) is 3.74. The third kappa shape index (κ3) is 3.26. The summed E-state index contributed by atoms with van der Waals surface area (Å²) in [5.74, 6) is 7.33. The summed E-state index contributed by atoms with van der Waals surface area (Å²) in [6, 6.07) is 8.75. The Balaban J connectivity index is 2.15. The maximum absolute atomic E-state index is 5.72. The summed E-state index contributed by atoms with van der Waals surface area (Å²) in [6.45, 7) is 7.45. The molecule has 108 valence electrons. The fourth-order valence-corrected chi connectivity index (χ4v) is 2.39. The lowest BCUT2D eigenvalue weighted by Gasteiger charge is -2.17. The zero-order valence-corrected chi connectivity index (χ0v) is 12.5. The van der Waals surface area contributed by atoms with E-state index >= 15 is 0 Å². The standard InChI is InChI=1S/C16H24N4/c1-4-20-10-9-18-16(20)11-15(19-17)14-7-5-13(6-8-14)12(2)3/h5-10,12,15,19H,4,11,17H2,1-3H3. The average molecular weight is 272 g/mol. The van der Waals surface area contributed by atoms with E-state index in [-0.39, 0.29) is 6.04 Å². The average Bonchev–Trinajstić information content (AvgIpc) is 2.92. The molecule has 0 aliphatic rings. The van der Waals surface area contributed by atoms with E-state index in [2.05, 4.69) is 60.0 Å². The maximum atomic E-state index is 5.72. The largest absolute Gasteiger partial charge is 0.335 e. The Hall–Kier alpha value is -1.65. The molecular formula is C16H24N4. The van der Waals surface area contributed by atoms with Gasteiger partial charge in [0.2, 0.25) is 0 Å². The zero-order chi connectivity index (χ0) is 14.5.